The van der Waals surface area contributed by atoms with E-state index in [1.807, 2.05) is 0 Å². The van der Waals surface area contributed by atoms with E-state index in [9.17, 15) is 9.90 Å². The number of aromatic nitrogens is 3. The quantitative estimate of drug-likeness (QED) is 0.722. The Morgan fingerprint density at radius 1 is 1.53 bits per heavy atom. The Morgan fingerprint density at radius 3 is 2.68 bits per heavy atom. The zero-order chi connectivity index (χ0) is 14.5. The molecular formula is C12H23N5O2. The predicted molar refractivity (Wildman–Crippen MR) is 71.3 cm³/mol. The highest BCUT2D eigenvalue weighted by Crippen LogP contribution is 2.20. The minimum atomic E-state index is -0.323. The number of carbonyl (C=O) groups excluding carboxylic acids is 1. The first kappa shape index (κ1) is 15.4. The number of urea groups is 1. The van der Waals surface area contributed by atoms with Crippen LogP contribution in [-0.2, 0) is 13.6 Å². The molecule has 1 atom stereocenters. The Bertz CT molecular complexity index is 410. The van der Waals surface area contributed by atoms with Crippen LogP contribution in [-0.4, -0.2) is 38.6 Å². The molecule has 2 amide bonds. The zero-order valence-electron chi connectivity index (χ0n) is 12.0. The van der Waals surface area contributed by atoms with Gasteiger partial charge in [0.2, 0.25) is 0 Å². The lowest BCUT2D eigenvalue weighted by molar-refractivity contribution is 0.190. The molecule has 1 aromatic rings. The molecule has 0 spiro atoms. The molecule has 0 aliphatic carbocycles. The van der Waals surface area contributed by atoms with Crippen LogP contribution < -0.4 is 10.6 Å². The maximum absolute atomic E-state index is 11.7. The van der Waals surface area contributed by atoms with E-state index >= 15 is 0 Å². The predicted octanol–water partition coefficient (Wildman–Crippen LogP) is 0.411. The smallest absolute Gasteiger partial charge is 0.315 e. The van der Waals surface area contributed by atoms with E-state index in [-0.39, 0.29) is 30.6 Å². The lowest BCUT2D eigenvalue weighted by Crippen LogP contribution is -2.45. The third-order valence-corrected chi connectivity index (χ3v) is 2.47. The van der Waals surface area contributed by atoms with Crippen LogP contribution in [0.4, 0.5) is 4.79 Å². The van der Waals surface area contributed by atoms with Crippen LogP contribution in [0.1, 0.15) is 33.0 Å². The number of hydrogen-bond acceptors (Lipinski definition) is 4. The number of amides is 2. The summed E-state index contributed by atoms with van der Waals surface area (Å²) in [5, 5.41) is 18.7. The van der Waals surface area contributed by atoms with Crippen molar-refractivity contribution in [3.05, 3.63) is 12.2 Å². The fourth-order valence-corrected chi connectivity index (χ4v) is 1.76. The van der Waals surface area contributed by atoms with Crippen molar-refractivity contribution < 1.29 is 9.90 Å². The van der Waals surface area contributed by atoms with Crippen LogP contribution in [0.2, 0.25) is 0 Å². The Kier molecular flexibility index (Phi) is 5.29. The van der Waals surface area contributed by atoms with Gasteiger partial charge >= 0.3 is 6.03 Å². The van der Waals surface area contributed by atoms with Gasteiger partial charge in [-0.15, -0.1) is 0 Å². The number of aryl methyl sites for hydroxylation is 1. The third-order valence-electron chi connectivity index (χ3n) is 2.47. The minimum absolute atomic E-state index is 0.0449. The van der Waals surface area contributed by atoms with Gasteiger partial charge in [-0.25, -0.2) is 9.78 Å². The molecule has 19 heavy (non-hydrogen) atoms. The molecule has 1 rings (SSSR count). The number of aliphatic hydroxyl groups excluding tert-OH is 1. The van der Waals surface area contributed by atoms with Gasteiger partial charge in [-0.05, 0) is 11.8 Å². The third kappa shape index (κ3) is 6.19. The number of aliphatic hydroxyl groups is 1. The zero-order valence-corrected chi connectivity index (χ0v) is 12.0. The van der Waals surface area contributed by atoms with E-state index < -0.39 is 0 Å². The van der Waals surface area contributed by atoms with E-state index in [1.54, 1.807) is 18.1 Å². The van der Waals surface area contributed by atoms with Gasteiger partial charge in [-0.3, -0.25) is 4.68 Å². The van der Waals surface area contributed by atoms with Gasteiger partial charge in [0.15, 0.2) is 5.82 Å². The molecule has 0 aromatic carbocycles. The molecule has 1 aromatic heterocycles. The van der Waals surface area contributed by atoms with Crippen LogP contribution in [0.5, 0.6) is 0 Å². The van der Waals surface area contributed by atoms with Crippen LogP contribution in [0.3, 0.4) is 0 Å². The summed E-state index contributed by atoms with van der Waals surface area (Å²) < 4.78 is 1.57. The molecule has 1 heterocycles. The van der Waals surface area contributed by atoms with Gasteiger partial charge < -0.3 is 15.7 Å². The van der Waals surface area contributed by atoms with E-state index in [4.69, 9.17) is 0 Å². The highest BCUT2D eigenvalue weighted by molar-refractivity contribution is 5.74. The van der Waals surface area contributed by atoms with Crippen LogP contribution >= 0.6 is 0 Å². The standard InChI is InChI=1S/C12H23N5O2/c1-12(2,3)5-9(7-18)15-11(19)13-6-10-14-8-17(4)16-10/h8-9,18H,5-7H2,1-4H3,(H2,13,15,19). The second-order valence-corrected chi connectivity index (χ2v) is 5.81. The van der Waals surface area contributed by atoms with Gasteiger partial charge in [-0.2, -0.15) is 5.10 Å². The van der Waals surface area contributed by atoms with Crippen molar-refractivity contribution in [3.8, 4) is 0 Å². The van der Waals surface area contributed by atoms with Gasteiger partial charge in [0, 0.05) is 7.05 Å². The first-order valence-corrected chi connectivity index (χ1v) is 6.30. The lowest BCUT2D eigenvalue weighted by atomic mass is 9.88. The molecule has 108 valence electrons. The Balaban J connectivity index is 2.37. The maximum atomic E-state index is 11.7. The molecule has 0 saturated heterocycles. The van der Waals surface area contributed by atoms with Gasteiger partial charge in [0.05, 0.1) is 19.2 Å². The topological polar surface area (TPSA) is 92.1 Å². The molecule has 0 aliphatic heterocycles. The summed E-state index contributed by atoms with van der Waals surface area (Å²) in [7, 11) is 1.77. The second kappa shape index (κ2) is 6.51. The van der Waals surface area contributed by atoms with Crippen LogP contribution in [0, 0.1) is 5.41 Å². The number of hydrogen-bond donors (Lipinski definition) is 3. The molecule has 3 N–H and O–H groups in total. The summed E-state index contributed by atoms with van der Waals surface area (Å²) in [5.41, 5.74) is 0.0449. The fraction of sp³-hybridized carbons (Fsp3) is 0.750. The van der Waals surface area contributed by atoms with Crippen LogP contribution in [0.15, 0.2) is 6.33 Å². The van der Waals surface area contributed by atoms with Crippen molar-refractivity contribution in [3.63, 3.8) is 0 Å². The SMILES string of the molecule is Cn1cnc(CNC(=O)NC(CO)CC(C)(C)C)n1. The van der Waals surface area contributed by atoms with Crippen molar-refractivity contribution >= 4 is 6.03 Å². The van der Waals surface area contributed by atoms with Gasteiger partial charge in [0.1, 0.15) is 6.33 Å². The number of carbonyl (C=O) groups is 1. The normalized spacial score (nSPS) is 13.1. The summed E-state index contributed by atoms with van der Waals surface area (Å²) in [4.78, 5) is 15.7. The van der Waals surface area contributed by atoms with E-state index in [0.29, 0.717) is 12.2 Å². The Morgan fingerprint density at radius 2 is 2.21 bits per heavy atom. The monoisotopic (exact) mass is 269 g/mol. The van der Waals surface area contributed by atoms with Crippen molar-refractivity contribution in [2.24, 2.45) is 12.5 Å². The summed E-state index contributed by atoms with van der Waals surface area (Å²) in [5.74, 6) is 0.550. The van der Waals surface area contributed by atoms with Crippen molar-refractivity contribution in [1.82, 2.24) is 25.4 Å². The van der Waals surface area contributed by atoms with Crippen molar-refractivity contribution in [2.75, 3.05) is 6.61 Å². The Hall–Kier alpha value is -1.63. The molecular weight excluding hydrogens is 246 g/mol. The van der Waals surface area contributed by atoms with E-state index in [0.717, 1.165) is 0 Å². The van der Waals surface area contributed by atoms with Crippen molar-refractivity contribution in [2.45, 2.75) is 39.8 Å². The van der Waals surface area contributed by atoms with E-state index in [2.05, 4.69) is 41.5 Å². The largest absolute Gasteiger partial charge is 0.394 e. The minimum Gasteiger partial charge on any atom is -0.394 e. The maximum Gasteiger partial charge on any atom is 0.315 e. The number of rotatable bonds is 5. The van der Waals surface area contributed by atoms with Gasteiger partial charge in [0.25, 0.3) is 0 Å². The summed E-state index contributed by atoms with van der Waals surface area (Å²) in [6, 6.07) is -0.576. The highest BCUT2D eigenvalue weighted by atomic mass is 16.3. The highest BCUT2D eigenvalue weighted by Gasteiger charge is 2.19. The second-order valence-electron chi connectivity index (χ2n) is 5.81. The lowest BCUT2D eigenvalue weighted by Gasteiger charge is -2.25. The molecule has 0 bridgehead atoms. The first-order valence-electron chi connectivity index (χ1n) is 6.30. The van der Waals surface area contributed by atoms with Crippen molar-refractivity contribution in [1.29, 1.82) is 0 Å². The average Bonchev–Trinajstić information content (AvgIpc) is 2.70. The molecule has 1 unspecified atom stereocenters. The molecule has 0 saturated carbocycles. The summed E-state index contributed by atoms with van der Waals surface area (Å²) in [6.45, 7) is 6.38. The number of nitrogens with zero attached hydrogens (tertiary/aromatic N) is 3. The fourth-order valence-electron chi connectivity index (χ4n) is 1.76. The molecule has 0 aliphatic rings. The summed E-state index contributed by atoms with van der Waals surface area (Å²) in [6.07, 6.45) is 2.28. The van der Waals surface area contributed by atoms with E-state index in [1.165, 1.54) is 0 Å². The summed E-state index contributed by atoms with van der Waals surface area (Å²) >= 11 is 0. The average molecular weight is 269 g/mol. The first-order chi connectivity index (χ1) is 8.80. The molecule has 7 nitrogen and oxygen atoms in total. The molecule has 7 heteroatoms. The molecule has 0 fully saturated rings. The number of nitrogens with one attached hydrogen (secondary N) is 2. The Labute approximate surface area is 113 Å². The van der Waals surface area contributed by atoms with Crippen LogP contribution in [0.25, 0.3) is 0 Å². The van der Waals surface area contributed by atoms with Gasteiger partial charge in [-0.1, -0.05) is 20.8 Å². The molecule has 0 radical (unpaired) electrons.